The number of hydrogen-bond acceptors (Lipinski definition) is 5. The first kappa shape index (κ1) is 31.8. The minimum atomic E-state index is -0.319. The smallest absolute Gasteiger partial charge is 0.305 e. The first-order chi connectivity index (χ1) is 16.2. The number of carbonyl (C=O) groups is 1. The summed E-state index contributed by atoms with van der Waals surface area (Å²) in [6.45, 7) is 10.4. The summed E-state index contributed by atoms with van der Waals surface area (Å²) in [5.41, 5.74) is 0. The molecule has 33 heavy (non-hydrogen) atoms. The number of ether oxygens (including phenoxy) is 3. The van der Waals surface area contributed by atoms with Crippen molar-refractivity contribution in [2.24, 2.45) is 0 Å². The van der Waals surface area contributed by atoms with Crippen LogP contribution in [-0.4, -0.2) is 45.2 Å². The molecule has 0 amide bonds. The number of hydrogen-bond donors (Lipinski definition) is 1. The summed E-state index contributed by atoms with van der Waals surface area (Å²) in [5, 5.41) is 3.33. The van der Waals surface area contributed by atoms with Gasteiger partial charge in [-0.1, -0.05) is 57.9 Å². The molecule has 0 unspecified atom stereocenters. The van der Waals surface area contributed by atoms with Gasteiger partial charge in [0.2, 0.25) is 0 Å². The van der Waals surface area contributed by atoms with E-state index in [9.17, 15) is 4.79 Å². The quantitative estimate of drug-likeness (QED) is 0.0671. The van der Waals surface area contributed by atoms with E-state index in [0.29, 0.717) is 32.7 Å². The van der Waals surface area contributed by atoms with Crippen molar-refractivity contribution in [3.05, 3.63) is 24.3 Å². The minimum Gasteiger partial charge on any atom is -0.466 e. The fourth-order valence-electron chi connectivity index (χ4n) is 3.32. The van der Waals surface area contributed by atoms with Gasteiger partial charge in [0.25, 0.3) is 0 Å². The molecule has 194 valence electrons. The first-order valence-electron chi connectivity index (χ1n) is 13.6. The molecule has 0 aromatic rings. The van der Waals surface area contributed by atoms with Gasteiger partial charge in [-0.15, -0.1) is 0 Å². The summed E-state index contributed by atoms with van der Waals surface area (Å²) in [6.07, 6.45) is 22.5. The van der Waals surface area contributed by atoms with Crippen LogP contribution < -0.4 is 5.32 Å². The van der Waals surface area contributed by atoms with Gasteiger partial charge < -0.3 is 19.5 Å². The molecule has 0 bridgehead atoms. The van der Waals surface area contributed by atoms with E-state index in [1.807, 2.05) is 0 Å². The first-order valence-corrected chi connectivity index (χ1v) is 13.6. The lowest BCUT2D eigenvalue weighted by Gasteiger charge is -2.18. The van der Waals surface area contributed by atoms with Crippen LogP contribution in [0, 0.1) is 0 Å². The minimum absolute atomic E-state index is 0.144. The van der Waals surface area contributed by atoms with Crippen molar-refractivity contribution in [1.29, 1.82) is 0 Å². The third-order valence-corrected chi connectivity index (χ3v) is 5.29. The molecule has 0 aromatic carbocycles. The van der Waals surface area contributed by atoms with E-state index in [4.69, 9.17) is 14.2 Å². The van der Waals surface area contributed by atoms with Crippen molar-refractivity contribution in [1.82, 2.24) is 5.32 Å². The molecule has 0 saturated heterocycles. The van der Waals surface area contributed by atoms with Crippen molar-refractivity contribution in [2.75, 3.05) is 32.9 Å². The van der Waals surface area contributed by atoms with Crippen LogP contribution in [0.5, 0.6) is 0 Å². The topological polar surface area (TPSA) is 56.8 Å². The molecule has 0 aromatic heterocycles. The Balaban J connectivity index is 4.03. The molecule has 0 atom stereocenters. The fourth-order valence-corrected chi connectivity index (χ4v) is 3.32. The van der Waals surface area contributed by atoms with Gasteiger partial charge in [-0.3, -0.25) is 4.79 Å². The zero-order valence-electron chi connectivity index (χ0n) is 22.0. The average Bonchev–Trinajstić information content (AvgIpc) is 2.82. The summed E-state index contributed by atoms with van der Waals surface area (Å²) >= 11 is 0. The SMILES string of the molecule is CC/C=C\CCCCOC(CCC(=O)OCCCCCCNCC)OCCCC/C=C\CC. The Bertz CT molecular complexity index is 441. The van der Waals surface area contributed by atoms with Gasteiger partial charge in [0.05, 0.1) is 13.0 Å². The van der Waals surface area contributed by atoms with Crippen molar-refractivity contribution in [2.45, 2.75) is 117 Å². The van der Waals surface area contributed by atoms with E-state index in [1.165, 1.54) is 12.8 Å². The lowest BCUT2D eigenvalue weighted by molar-refractivity contribution is -0.159. The van der Waals surface area contributed by atoms with Crippen molar-refractivity contribution in [3.8, 4) is 0 Å². The Morgan fingerprint density at radius 3 is 1.88 bits per heavy atom. The number of allylic oxidation sites excluding steroid dienone is 4. The maximum atomic E-state index is 12.1. The van der Waals surface area contributed by atoms with Gasteiger partial charge in [-0.2, -0.15) is 0 Å². The molecular formula is C28H53NO4. The van der Waals surface area contributed by atoms with Crippen molar-refractivity contribution >= 4 is 5.97 Å². The van der Waals surface area contributed by atoms with Crippen LogP contribution in [-0.2, 0) is 19.0 Å². The molecular weight excluding hydrogens is 414 g/mol. The van der Waals surface area contributed by atoms with Crippen LogP contribution in [0.15, 0.2) is 24.3 Å². The van der Waals surface area contributed by atoms with E-state index in [2.05, 4.69) is 50.4 Å². The number of unbranched alkanes of at least 4 members (excludes halogenated alkanes) is 7. The second-order valence-electron chi connectivity index (χ2n) is 8.45. The maximum Gasteiger partial charge on any atom is 0.305 e. The molecule has 0 heterocycles. The van der Waals surface area contributed by atoms with Crippen molar-refractivity contribution < 1.29 is 19.0 Å². The summed E-state index contributed by atoms with van der Waals surface area (Å²) in [7, 11) is 0. The molecule has 0 aliphatic heterocycles. The Kier molecular flexibility index (Phi) is 26.1. The van der Waals surface area contributed by atoms with Crippen LogP contribution in [0.1, 0.15) is 111 Å². The third-order valence-electron chi connectivity index (χ3n) is 5.29. The highest BCUT2D eigenvalue weighted by Gasteiger charge is 2.13. The number of esters is 1. The van der Waals surface area contributed by atoms with Gasteiger partial charge in [0.1, 0.15) is 0 Å². The summed E-state index contributed by atoms with van der Waals surface area (Å²) < 4.78 is 17.3. The van der Waals surface area contributed by atoms with Gasteiger partial charge in [0, 0.05) is 19.6 Å². The average molecular weight is 468 g/mol. The highest BCUT2D eigenvalue weighted by molar-refractivity contribution is 5.69. The van der Waals surface area contributed by atoms with Crippen molar-refractivity contribution in [3.63, 3.8) is 0 Å². The molecule has 0 saturated carbocycles. The highest BCUT2D eigenvalue weighted by Crippen LogP contribution is 2.10. The number of carbonyl (C=O) groups excluding carboxylic acids is 1. The molecule has 0 aliphatic rings. The zero-order chi connectivity index (χ0) is 24.2. The van der Waals surface area contributed by atoms with E-state index in [1.54, 1.807) is 0 Å². The lowest BCUT2D eigenvalue weighted by Crippen LogP contribution is -2.21. The largest absolute Gasteiger partial charge is 0.466 e. The van der Waals surface area contributed by atoms with Gasteiger partial charge in [-0.25, -0.2) is 0 Å². The fraction of sp³-hybridized carbons (Fsp3) is 0.821. The summed E-state index contributed by atoms with van der Waals surface area (Å²) in [4.78, 5) is 12.1. The van der Waals surface area contributed by atoms with Crippen LogP contribution in [0.25, 0.3) is 0 Å². The van der Waals surface area contributed by atoms with E-state index in [0.717, 1.165) is 77.3 Å². The van der Waals surface area contributed by atoms with Gasteiger partial charge >= 0.3 is 5.97 Å². The number of nitrogens with one attached hydrogen (secondary N) is 1. The highest BCUT2D eigenvalue weighted by atomic mass is 16.7. The monoisotopic (exact) mass is 467 g/mol. The second-order valence-corrected chi connectivity index (χ2v) is 8.45. The molecule has 0 radical (unpaired) electrons. The Morgan fingerprint density at radius 2 is 1.30 bits per heavy atom. The predicted molar refractivity (Wildman–Crippen MR) is 139 cm³/mol. The molecule has 0 fully saturated rings. The summed E-state index contributed by atoms with van der Waals surface area (Å²) in [6, 6.07) is 0. The Morgan fingerprint density at radius 1 is 0.727 bits per heavy atom. The van der Waals surface area contributed by atoms with Gasteiger partial charge in [0.15, 0.2) is 6.29 Å². The summed E-state index contributed by atoms with van der Waals surface area (Å²) in [5.74, 6) is -0.144. The van der Waals surface area contributed by atoms with Crippen LogP contribution in [0.4, 0.5) is 0 Å². The Labute approximate surface area is 204 Å². The van der Waals surface area contributed by atoms with E-state index < -0.39 is 0 Å². The lowest BCUT2D eigenvalue weighted by atomic mass is 10.2. The molecule has 0 rings (SSSR count). The second kappa shape index (κ2) is 27.1. The van der Waals surface area contributed by atoms with Crippen LogP contribution >= 0.6 is 0 Å². The molecule has 0 spiro atoms. The zero-order valence-corrected chi connectivity index (χ0v) is 22.0. The Hall–Kier alpha value is -1.17. The van der Waals surface area contributed by atoms with Crippen LogP contribution in [0.2, 0.25) is 0 Å². The van der Waals surface area contributed by atoms with Crippen LogP contribution in [0.3, 0.4) is 0 Å². The molecule has 0 aliphatic carbocycles. The van der Waals surface area contributed by atoms with Gasteiger partial charge in [-0.05, 0) is 77.3 Å². The van der Waals surface area contributed by atoms with E-state index in [-0.39, 0.29) is 12.3 Å². The third kappa shape index (κ3) is 25.3. The van der Waals surface area contributed by atoms with E-state index >= 15 is 0 Å². The standard InChI is InChI=1S/C28H53NO4/c1-4-7-9-11-14-19-25-32-28(33-26-20-15-12-10-8-5-2)22-21-27(30)31-24-18-16-13-17-23-29-6-3/h7-10,28-29H,4-6,11-26H2,1-3H3/b9-7-,10-8-. The number of rotatable bonds is 25. The predicted octanol–water partition coefficient (Wildman–Crippen LogP) is 7.11. The maximum absolute atomic E-state index is 12.1. The normalized spacial score (nSPS) is 11.9. The molecule has 1 N–H and O–H groups in total. The molecule has 5 heteroatoms. The molecule has 5 nitrogen and oxygen atoms in total.